The third-order valence-electron chi connectivity index (χ3n) is 3.05. The summed E-state index contributed by atoms with van der Waals surface area (Å²) >= 11 is -0.0845. The molecule has 0 aromatic heterocycles. The van der Waals surface area contributed by atoms with Crippen molar-refractivity contribution in [2.24, 2.45) is 0 Å². The first-order chi connectivity index (χ1) is 9.03. The van der Waals surface area contributed by atoms with Crippen molar-refractivity contribution in [2.45, 2.75) is 35.7 Å². The molecule has 2 rings (SSSR count). The van der Waals surface area contributed by atoms with E-state index in [1.807, 2.05) is 0 Å². The molecule has 2 N–H and O–H groups in total. The maximum Gasteiger partial charge on any atom is 0.446 e. The van der Waals surface area contributed by atoms with Gasteiger partial charge in [-0.3, -0.25) is 0 Å². The summed E-state index contributed by atoms with van der Waals surface area (Å²) < 4.78 is 36.5. The number of halogens is 3. The van der Waals surface area contributed by atoms with E-state index in [1.165, 1.54) is 25.0 Å². The summed E-state index contributed by atoms with van der Waals surface area (Å²) in [6.45, 7) is 1.86. The molecule has 0 radical (unpaired) electrons. The van der Waals surface area contributed by atoms with Gasteiger partial charge in [0.25, 0.3) is 0 Å². The fraction of sp³-hybridized carbons (Fsp3) is 0.538. The van der Waals surface area contributed by atoms with Crippen molar-refractivity contribution in [3.8, 4) is 0 Å². The summed E-state index contributed by atoms with van der Waals surface area (Å²) in [5, 5.41) is 6.67. The number of hydrogen-bond donors (Lipinski definition) is 2. The van der Waals surface area contributed by atoms with Gasteiger partial charge < -0.3 is 10.6 Å². The molecule has 2 nitrogen and oxygen atoms in total. The molecule has 1 heterocycles. The van der Waals surface area contributed by atoms with Gasteiger partial charge in [-0.05, 0) is 55.4 Å². The van der Waals surface area contributed by atoms with Crippen molar-refractivity contribution in [1.82, 2.24) is 5.32 Å². The van der Waals surface area contributed by atoms with E-state index in [0.717, 1.165) is 25.2 Å². The normalized spacial score (nSPS) is 20.3. The number of alkyl halides is 3. The van der Waals surface area contributed by atoms with Crippen LogP contribution in [0, 0.1) is 0 Å². The highest BCUT2D eigenvalue weighted by molar-refractivity contribution is 8.00. The zero-order chi connectivity index (χ0) is 13.7. The molecule has 1 aromatic rings. The Morgan fingerprint density at radius 2 is 1.95 bits per heavy atom. The summed E-state index contributed by atoms with van der Waals surface area (Å²) in [7, 11) is 0. The Kier molecular flexibility index (Phi) is 4.99. The molecule has 19 heavy (non-hydrogen) atoms. The number of piperidine rings is 1. The van der Waals surface area contributed by atoms with Crippen LogP contribution in [-0.2, 0) is 0 Å². The Morgan fingerprint density at radius 3 is 2.53 bits per heavy atom. The molecule has 1 atom stereocenters. The van der Waals surface area contributed by atoms with Gasteiger partial charge in [0.05, 0.1) is 0 Å². The molecule has 0 amide bonds. The second kappa shape index (κ2) is 6.52. The van der Waals surface area contributed by atoms with Gasteiger partial charge in [-0.15, -0.1) is 0 Å². The monoisotopic (exact) mass is 290 g/mol. The van der Waals surface area contributed by atoms with Crippen LogP contribution >= 0.6 is 11.8 Å². The highest BCUT2D eigenvalue weighted by Crippen LogP contribution is 2.36. The lowest BCUT2D eigenvalue weighted by atomic mass is 10.1. The zero-order valence-electron chi connectivity index (χ0n) is 10.5. The van der Waals surface area contributed by atoms with Crippen LogP contribution in [0.2, 0.25) is 0 Å². The van der Waals surface area contributed by atoms with E-state index in [0.29, 0.717) is 6.04 Å². The Labute approximate surface area is 115 Å². The van der Waals surface area contributed by atoms with Gasteiger partial charge in [0, 0.05) is 23.2 Å². The lowest BCUT2D eigenvalue weighted by molar-refractivity contribution is -0.0328. The maximum absolute atomic E-state index is 12.2. The summed E-state index contributed by atoms with van der Waals surface area (Å²) in [6.07, 6.45) is 3.61. The number of hydrogen-bond acceptors (Lipinski definition) is 3. The third kappa shape index (κ3) is 5.32. The predicted octanol–water partition coefficient (Wildman–Crippen LogP) is 3.85. The van der Waals surface area contributed by atoms with Crippen LogP contribution in [0.25, 0.3) is 0 Å². The first-order valence-corrected chi connectivity index (χ1v) is 7.18. The summed E-state index contributed by atoms with van der Waals surface area (Å²) in [5.41, 5.74) is -3.36. The average molecular weight is 290 g/mol. The minimum absolute atomic E-state index is 0.0845. The fourth-order valence-electron chi connectivity index (χ4n) is 2.11. The first-order valence-electron chi connectivity index (χ1n) is 6.36. The highest BCUT2D eigenvalue weighted by Gasteiger charge is 2.28. The predicted molar refractivity (Wildman–Crippen MR) is 72.5 cm³/mol. The van der Waals surface area contributed by atoms with Gasteiger partial charge in [-0.2, -0.15) is 13.2 Å². The van der Waals surface area contributed by atoms with E-state index in [2.05, 4.69) is 10.6 Å². The quantitative estimate of drug-likeness (QED) is 0.824. The number of thioether (sulfide) groups is 1. The Balaban J connectivity index is 1.81. The summed E-state index contributed by atoms with van der Waals surface area (Å²) in [4.78, 5) is 0.217. The molecule has 1 unspecified atom stereocenters. The van der Waals surface area contributed by atoms with Crippen molar-refractivity contribution in [3.05, 3.63) is 24.3 Å². The van der Waals surface area contributed by atoms with Crippen molar-refractivity contribution < 1.29 is 13.2 Å². The molecule has 1 fully saturated rings. The molecule has 0 saturated carbocycles. The lowest BCUT2D eigenvalue weighted by Crippen LogP contribution is -2.39. The minimum atomic E-state index is -4.22. The Morgan fingerprint density at radius 1 is 1.21 bits per heavy atom. The van der Waals surface area contributed by atoms with Crippen molar-refractivity contribution in [1.29, 1.82) is 0 Å². The summed E-state index contributed by atoms with van der Waals surface area (Å²) in [6, 6.07) is 6.83. The van der Waals surface area contributed by atoms with Gasteiger partial charge in [-0.1, -0.05) is 6.42 Å². The zero-order valence-corrected chi connectivity index (χ0v) is 11.3. The molecular formula is C13H17F3N2S. The molecule has 1 aromatic carbocycles. The SMILES string of the molecule is FC(F)(F)Sc1ccc(NCC2CCCCN2)cc1. The van der Waals surface area contributed by atoms with Crippen LogP contribution in [-0.4, -0.2) is 24.6 Å². The van der Waals surface area contributed by atoms with E-state index in [9.17, 15) is 13.2 Å². The van der Waals surface area contributed by atoms with Crippen LogP contribution in [0.4, 0.5) is 18.9 Å². The second-order valence-electron chi connectivity index (χ2n) is 4.60. The van der Waals surface area contributed by atoms with E-state index in [-0.39, 0.29) is 16.7 Å². The molecule has 6 heteroatoms. The maximum atomic E-state index is 12.2. The highest BCUT2D eigenvalue weighted by atomic mass is 32.2. The topological polar surface area (TPSA) is 24.1 Å². The lowest BCUT2D eigenvalue weighted by Gasteiger charge is -2.24. The number of anilines is 1. The van der Waals surface area contributed by atoms with Crippen LogP contribution in [0.1, 0.15) is 19.3 Å². The van der Waals surface area contributed by atoms with Gasteiger partial charge in [0.1, 0.15) is 0 Å². The molecule has 1 aliphatic heterocycles. The number of benzene rings is 1. The van der Waals surface area contributed by atoms with Crippen LogP contribution in [0.15, 0.2) is 29.2 Å². The molecule has 106 valence electrons. The van der Waals surface area contributed by atoms with Crippen LogP contribution < -0.4 is 10.6 Å². The molecule has 0 bridgehead atoms. The smallest absolute Gasteiger partial charge is 0.383 e. The first kappa shape index (κ1) is 14.5. The molecule has 0 spiro atoms. The Bertz CT molecular complexity index is 386. The van der Waals surface area contributed by atoms with Crippen molar-refractivity contribution in [3.63, 3.8) is 0 Å². The third-order valence-corrected chi connectivity index (χ3v) is 3.79. The molecule has 1 aliphatic rings. The van der Waals surface area contributed by atoms with Crippen molar-refractivity contribution in [2.75, 3.05) is 18.4 Å². The van der Waals surface area contributed by atoms with Crippen molar-refractivity contribution >= 4 is 17.4 Å². The van der Waals surface area contributed by atoms with E-state index >= 15 is 0 Å². The minimum Gasteiger partial charge on any atom is -0.383 e. The number of rotatable bonds is 4. The van der Waals surface area contributed by atoms with Gasteiger partial charge in [0.15, 0.2) is 0 Å². The van der Waals surface area contributed by atoms with E-state index in [4.69, 9.17) is 0 Å². The van der Waals surface area contributed by atoms with Gasteiger partial charge in [-0.25, -0.2) is 0 Å². The Hall–Kier alpha value is -0.880. The van der Waals surface area contributed by atoms with E-state index < -0.39 is 5.51 Å². The van der Waals surface area contributed by atoms with Crippen LogP contribution in [0.3, 0.4) is 0 Å². The molecule has 0 aliphatic carbocycles. The van der Waals surface area contributed by atoms with Gasteiger partial charge in [0.2, 0.25) is 0 Å². The second-order valence-corrected chi connectivity index (χ2v) is 5.74. The fourth-order valence-corrected chi connectivity index (χ4v) is 2.65. The molecule has 1 saturated heterocycles. The molecular weight excluding hydrogens is 273 g/mol. The standard InChI is InChI=1S/C13H17F3N2S/c14-13(15,16)19-12-6-4-10(5-7-12)18-9-11-3-1-2-8-17-11/h4-7,11,17-18H,1-3,8-9H2. The van der Waals surface area contributed by atoms with E-state index in [1.54, 1.807) is 12.1 Å². The average Bonchev–Trinajstić information content (AvgIpc) is 2.37. The summed E-state index contributed by atoms with van der Waals surface area (Å²) in [5.74, 6) is 0. The van der Waals surface area contributed by atoms with Crippen LogP contribution in [0.5, 0.6) is 0 Å². The number of nitrogens with one attached hydrogen (secondary N) is 2. The van der Waals surface area contributed by atoms with Gasteiger partial charge >= 0.3 is 5.51 Å². The largest absolute Gasteiger partial charge is 0.446 e.